The molecule has 51 heavy (non-hydrogen) atoms. The minimum atomic E-state index is -4.85. The Bertz CT molecular complexity index is 1870. The first-order valence-electron chi connectivity index (χ1n) is 16.6. The van der Waals surface area contributed by atoms with Crippen LogP contribution in [0.3, 0.4) is 0 Å². The molecule has 4 heterocycles. The standard InChI is InChI=1S/C37H38F5N3O5S/c1-4-49-33(47)15-29-25-13-31(51-21(25)3)34-20(2)6-5-7-30(34)50-19-22-8-9-28(39)26(12-22)35(36(48)43-29)45-16-23(10-11-44-17-24(38)18-44)27(14-32(45)46)37(40,41)42/h5-9,12-14,16,24,29,32,35,46H,4,10-11,15,17-19H2,1-3H3,(H,43,48)/t29-,32?,35-/m0/s1. The number of carbonyl (C=O) groups excluding carboxylic acids is 2. The fourth-order valence-electron chi connectivity index (χ4n) is 6.75. The van der Waals surface area contributed by atoms with E-state index >= 15 is 4.39 Å². The zero-order chi connectivity index (χ0) is 36.6. The molecule has 14 heteroatoms. The fourth-order valence-corrected chi connectivity index (χ4v) is 7.95. The number of aliphatic hydroxyl groups excluding tert-OH is 1. The number of amides is 1. The molecule has 1 unspecified atom stereocenters. The maximum Gasteiger partial charge on any atom is 0.416 e. The number of nitrogens with one attached hydrogen (secondary N) is 1. The van der Waals surface area contributed by atoms with Gasteiger partial charge in [-0.25, -0.2) is 8.78 Å². The molecule has 272 valence electrons. The highest BCUT2D eigenvalue weighted by atomic mass is 32.1. The topological polar surface area (TPSA) is 91.3 Å². The van der Waals surface area contributed by atoms with Crippen molar-refractivity contribution in [3.05, 3.63) is 98.8 Å². The third-order valence-electron chi connectivity index (χ3n) is 9.29. The minimum Gasteiger partial charge on any atom is -0.488 e. The highest BCUT2D eigenvalue weighted by molar-refractivity contribution is 7.15. The molecule has 8 nitrogen and oxygen atoms in total. The van der Waals surface area contributed by atoms with E-state index in [2.05, 4.69) is 5.32 Å². The summed E-state index contributed by atoms with van der Waals surface area (Å²) in [4.78, 5) is 31.7. The van der Waals surface area contributed by atoms with Crippen molar-refractivity contribution in [2.75, 3.05) is 26.2 Å². The normalized spacial score (nSPS) is 21.4. The lowest BCUT2D eigenvalue weighted by Gasteiger charge is -2.39. The summed E-state index contributed by atoms with van der Waals surface area (Å²) < 4.78 is 83.7. The van der Waals surface area contributed by atoms with Crippen molar-refractivity contribution in [3.63, 3.8) is 0 Å². The minimum absolute atomic E-state index is 0.0338. The first kappa shape index (κ1) is 36.5. The van der Waals surface area contributed by atoms with Gasteiger partial charge < -0.3 is 24.8 Å². The van der Waals surface area contributed by atoms with Gasteiger partial charge in [-0.1, -0.05) is 18.2 Å². The van der Waals surface area contributed by atoms with E-state index in [1.165, 1.54) is 23.5 Å². The number of halogens is 5. The summed E-state index contributed by atoms with van der Waals surface area (Å²) in [5.41, 5.74) is 1.21. The molecule has 1 saturated heterocycles. The molecule has 0 radical (unpaired) electrons. The number of carbonyl (C=O) groups is 2. The smallest absolute Gasteiger partial charge is 0.416 e. The number of alkyl halides is 4. The molecule has 1 aromatic heterocycles. The summed E-state index contributed by atoms with van der Waals surface area (Å²) in [7, 11) is 0. The van der Waals surface area contributed by atoms with E-state index in [1.807, 2.05) is 38.1 Å². The second kappa shape index (κ2) is 14.8. The highest BCUT2D eigenvalue weighted by Crippen LogP contribution is 2.43. The van der Waals surface area contributed by atoms with Gasteiger partial charge in [-0.05, 0) is 79.8 Å². The van der Waals surface area contributed by atoms with Gasteiger partial charge in [0.2, 0.25) is 5.91 Å². The molecule has 0 aliphatic carbocycles. The Morgan fingerprint density at radius 1 is 1.14 bits per heavy atom. The summed E-state index contributed by atoms with van der Waals surface area (Å²) >= 11 is 1.43. The van der Waals surface area contributed by atoms with Crippen LogP contribution >= 0.6 is 11.3 Å². The number of allylic oxidation sites excluding steroid dienone is 1. The van der Waals surface area contributed by atoms with Crippen LogP contribution in [-0.2, 0) is 20.9 Å². The van der Waals surface area contributed by atoms with E-state index in [0.29, 0.717) is 23.0 Å². The SMILES string of the molecule is CCOC(=O)C[C@@H]1NC(=O)[C@@H](N2C=C(CCN3CC(F)C3)C(C(F)(F)F)=CC2O)c2cc(ccc2F)COc2cccc(C)c2-c2cc1c(C)s2. The maximum atomic E-state index is 15.9. The van der Waals surface area contributed by atoms with Gasteiger partial charge >= 0.3 is 12.1 Å². The third-order valence-corrected chi connectivity index (χ3v) is 10.4. The van der Waals surface area contributed by atoms with E-state index in [1.54, 1.807) is 11.8 Å². The number of likely N-dealkylation sites (tertiary alicyclic amines) is 1. The summed E-state index contributed by atoms with van der Waals surface area (Å²) in [6.07, 6.45) is -6.74. The van der Waals surface area contributed by atoms with Crippen LogP contribution in [0.25, 0.3) is 10.4 Å². The lowest BCUT2D eigenvalue weighted by atomic mass is 9.94. The number of aryl methyl sites for hydroxylation is 2. The van der Waals surface area contributed by atoms with E-state index in [9.17, 15) is 32.3 Å². The van der Waals surface area contributed by atoms with Crippen LogP contribution in [0.4, 0.5) is 22.0 Å². The van der Waals surface area contributed by atoms with Crippen LogP contribution in [0.2, 0.25) is 0 Å². The van der Waals surface area contributed by atoms with Gasteiger partial charge in [0.1, 0.15) is 36.6 Å². The van der Waals surface area contributed by atoms with Gasteiger partial charge in [0, 0.05) is 46.7 Å². The van der Waals surface area contributed by atoms with Crippen molar-refractivity contribution in [1.82, 2.24) is 15.1 Å². The molecule has 3 atom stereocenters. The Morgan fingerprint density at radius 3 is 2.61 bits per heavy atom. The van der Waals surface area contributed by atoms with Crippen molar-refractivity contribution in [2.24, 2.45) is 0 Å². The van der Waals surface area contributed by atoms with Crippen LogP contribution in [-0.4, -0.2) is 71.6 Å². The summed E-state index contributed by atoms with van der Waals surface area (Å²) in [5, 5.41) is 14.1. The molecule has 2 N–H and O–H groups in total. The number of nitrogens with zero attached hydrogens (tertiary/aromatic N) is 2. The van der Waals surface area contributed by atoms with Crippen LogP contribution in [0.1, 0.15) is 59.0 Å². The third kappa shape index (κ3) is 7.82. The molecule has 3 aromatic rings. The van der Waals surface area contributed by atoms with Crippen LogP contribution in [0, 0.1) is 19.7 Å². The second-order valence-electron chi connectivity index (χ2n) is 12.9. The second-order valence-corrected chi connectivity index (χ2v) is 14.1. The molecule has 2 aromatic carbocycles. The molecule has 0 saturated carbocycles. The number of hydrogen-bond acceptors (Lipinski definition) is 8. The number of fused-ring (bicyclic) bond motifs is 6. The number of esters is 1. The lowest BCUT2D eigenvalue weighted by molar-refractivity contribution is -0.144. The van der Waals surface area contributed by atoms with E-state index < -0.39 is 53.9 Å². The maximum absolute atomic E-state index is 15.9. The predicted octanol–water partition coefficient (Wildman–Crippen LogP) is 6.97. The predicted molar refractivity (Wildman–Crippen MR) is 181 cm³/mol. The van der Waals surface area contributed by atoms with E-state index in [0.717, 1.165) is 38.0 Å². The van der Waals surface area contributed by atoms with Gasteiger partial charge in [-0.2, -0.15) is 13.2 Å². The quantitative estimate of drug-likeness (QED) is 0.201. The molecule has 3 aliphatic heterocycles. The Labute approximate surface area is 296 Å². The van der Waals surface area contributed by atoms with Crippen LogP contribution in [0.15, 0.2) is 65.9 Å². The van der Waals surface area contributed by atoms with Gasteiger partial charge in [-0.15, -0.1) is 11.3 Å². The van der Waals surface area contributed by atoms with Gasteiger partial charge in [0.05, 0.1) is 24.6 Å². The van der Waals surface area contributed by atoms with Gasteiger partial charge in [0.25, 0.3) is 0 Å². The Balaban J connectivity index is 1.48. The van der Waals surface area contributed by atoms with Crippen LogP contribution in [0.5, 0.6) is 5.75 Å². The molecule has 3 aliphatic rings. The van der Waals surface area contributed by atoms with E-state index in [4.69, 9.17) is 9.47 Å². The molecule has 6 rings (SSSR count). The largest absolute Gasteiger partial charge is 0.488 e. The first-order valence-corrected chi connectivity index (χ1v) is 17.4. The average molecular weight is 732 g/mol. The average Bonchev–Trinajstić information content (AvgIpc) is 3.43. The number of aliphatic hydroxyl groups is 1. The fraction of sp³-hybridized carbons (Fsp3) is 0.405. The molecule has 1 fully saturated rings. The highest BCUT2D eigenvalue weighted by Gasteiger charge is 2.43. The van der Waals surface area contributed by atoms with Crippen molar-refractivity contribution in [1.29, 1.82) is 0 Å². The first-order chi connectivity index (χ1) is 24.2. The van der Waals surface area contributed by atoms with Crippen molar-refractivity contribution < 1.29 is 46.1 Å². The van der Waals surface area contributed by atoms with Gasteiger partial charge in [0.15, 0.2) is 0 Å². The Morgan fingerprint density at radius 2 is 1.90 bits per heavy atom. The summed E-state index contributed by atoms with van der Waals surface area (Å²) in [6.45, 7) is 5.74. The monoisotopic (exact) mass is 731 g/mol. The van der Waals surface area contributed by atoms with E-state index in [-0.39, 0.29) is 56.8 Å². The van der Waals surface area contributed by atoms with Crippen molar-refractivity contribution >= 4 is 23.2 Å². The zero-order valence-corrected chi connectivity index (χ0v) is 29.0. The molecular formula is C37H38F5N3O5S. The number of thiophene rings is 1. The summed E-state index contributed by atoms with van der Waals surface area (Å²) in [5.74, 6) is -1.78. The van der Waals surface area contributed by atoms with Gasteiger partial charge in [-0.3, -0.25) is 14.5 Å². The molecule has 1 amide bonds. The number of ether oxygens (including phenoxy) is 2. The van der Waals surface area contributed by atoms with Crippen molar-refractivity contribution in [2.45, 2.75) is 70.9 Å². The number of benzene rings is 2. The van der Waals surface area contributed by atoms with Crippen LogP contribution < -0.4 is 10.1 Å². The lowest BCUT2D eigenvalue weighted by Crippen LogP contribution is -2.49. The number of rotatable bonds is 7. The summed E-state index contributed by atoms with van der Waals surface area (Å²) in [6, 6.07) is 8.76. The number of hydrogen-bond donors (Lipinski definition) is 2. The molecule has 0 spiro atoms. The Hall–Kier alpha value is -4.27. The molecule has 4 bridgehead atoms. The molecular weight excluding hydrogens is 693 g/mol. The van der Waals surface area contributed by atoms with Crippen molar-refractivity contribution in [3.8, 4) is 16.2 Å². The Kier molecular flexibility index (Phi) is 10.6. The zero-order valence-electron chi connectivity index (χ0n) is 28.2.